The van der Waals surface area contributed by atoms with Gasteiger partial charge >= 0.3 is 27.8 Å². The summed E-state index contributed by atoms with van der Waals surface area (Å²) in [4.78, 5) is 60.9. The number of halogens is 11. The van der Waals surface area contributed by atoms with Gasteiger partial charge in [0, 0.05) is 63.2 Å². The molecule has 0 bridgehead atoms. The van der Waals surface area contributed by atoms with Gasteiger partial charge < -0.3 is 30.3 Å². The summed E-state index contributed by atoms with van der Waals surface area (Å²) in [7, 11) is -2.81. The van der Waals surface area contributed by atoms with E-state index >= 15 is 0 Å². The number of pyridine rings is 2. The molecule has 0 unspecified atom stereocenters. The maximum absolute atomic E-state index is 13.6. The van der Waals surface area contributed by atoms with E-state index in [2.05, 4.69) is 30.1 Å². The van der Waals surface area contributed by atoms with Crippen LogP contribution in [0.4, 0.5) is 60.7 Å². The number of benzene rings is 4. The molecule has 6 rings (SSSR count). The Balaban J connectivity index is 0.000000460. The minimum absolute atomic E-state index is 0. The van der Waals surface area contributed by atoms with Crippen LogP contribution in [0, 0.1) is 11.6 Å². The highest BCUT2D eigenvalue weighted by molar-refractivity contribution is 7.87. The van der Waals surface area contributed by atoms with Crippen molar-refractivity contribution in [3.63, 3.8) is 0 Å². The van der Waals surface area contributed by atoms with Crippen LogP contribution in [0.3, 0.4) is 0 Å². The van der Waals surface area contributed by atoms with Crippen molar-refractivity contribution in [3.8, 4) is 0 Å². The minimum atomic E-state index is -5.87. The molecule has 2 aromatic heterocycles. The van der Waals surface area contributed by atoms with Crippen LogP contribution in [0.25, 0.3) is 21.5 Å². The molecule has 0 aliphatic rings. The number of alkyl halides is 7. The maximum atomic E-state index is 13.6. The molecule has 0 fully saturated rings. The van der Waals surface area contributed by atoms with Crippen molar-refractivity contribution >= 4 is 117 Å². The van der Waals surface area contributed by atoms with Gasteiger partial charge in [0.15, 0.2) is 0 Å². The predicted molar refractivity (Wildman–Crippen MR) is 302 cm³/mol. The van der Waals surface area contributed by atoms with Crippen molar-refractivity contribution in [1.82, 2.24) is 25.1 Å². The van der Waals surface area contributed by atoms with E-state index in [1.165, 1.54) is 35.0 Å². The van der Waals surface area contributed by atoms with Crippen molar-refractivity contribution in [2.75, 3.05) is 64.2 Å². The number of rotatable bonds is 22. The number of carbonyl (C=O) groups excluding carboxylic acids is 4. The quantitative estimate of drug-likeness (QED) is 0.0282. The number of fused-ring (bicyclic) bond motifs is 2. The second kappa shape index (κ2) is 34.9. The van der Waals surface area contributed by atoms with Crippen LogP contribution in [0.15, 0.2) is 109 Å². The van der Waals surface area contributed by atoms with E-state index in [0.29, 0.717) is 16.9 Å². The number of nitrogens with one attached hydrogen (secondary N) is 3. The molecule has 82 heavy (non-hydrogen) atoms. The average Bonchev–Trinajstić information content (AvgIpc) is 3.51. The number of amides is 4. The lowest BCUT2D eigenvalue weighted by Crippen LogP contribution is -2.47. The monoisotopic (exact) mass is 1260 g/mol. The number of aromatic nitrogens is 2. The van der Waals surface area contributed by atoms with Crippen LogP contribution in [0.2, 0.25) is 10.0 Å². The number of aryl methyl sites for hydroxylation is 2. The van der Waals surface area contributed by atoms with E-state index in [1.807, 2.05) is 48.5 Å². The Bertz CT molecular complexity index is 3150. The largest absolute Gasteiger partial charge is 0.523 e. The van der Waals surface area contributed by atoms with Gasteiger partial charge in [-0.15, -0.1) is 0 Å². The zero-order valence-electron chi connectivity index (χ0n) is 43.4. The van der Waals surface area contributed by atoms with Gasteiger partial charge in [-0.1, -0.05) is 96.0 Å². The van der Waals surface area contributed by atoms with E-state index in [-0.39, 0.29) is 107 Å². The summed E-state index contributed by atoms with van der Waals surface area (Å²) in [5, 5.41) is 11.3. The van der Waals surface area contributed by atoms with Gasteiger partial charge in [0.25, 0.3) is 12.9 Å². The summed E-state index contributed by atoms with van der Waals surface area (Å²) >= 11 is 11.9. The molecular weight excluding hydrogens is 1210 g/mol. The maximum Gasteiger partial charge on any atom is 0.523 e. The molecule has 0 radical (unpaired) electrons. The van der Waals surface area contributed by atoms with Gasteiger partial charge in [-0.25, -0.2) is 45.9 Å². The summed E-state index contributed by atoms with van der Waals surface area (Å²) in [6.07, 6.45) is -3.49. The fourth-order valence-electron chi connectivity index (χ4n) is 6.87. The van der Waals surface area contributed by atoms with Crippen molar-refractivity contribution in [3.05, 3.63) is 142 Å². The molecule has 6 aromatic rings. The lowest BCUT2D eigenvalue weighted by molar-refractivity contribution is -0.133. The highest BCUT2D eigenvalue weighted by Crippen LogP contribution is 2.26. The second-order valence-corrected chi connectivity index (χ2v) is 19.2. The number of nitrogens with two attached hydrogens (primary N) is 1. The first-order valence-corrected chi connectivity index (χ1v) is 25.8. The van der Waals surface area contributed by atoms with Gasteiger partial charge in [-0.2, -0.15) is 48.6 Å². The number of carbonyl (C=O) groups is 4. The molecule has 0 aliphatic heterocycles. The van der Waals surface area contributed by atoms with Crippen LogP contribution in [0.1, 0.15) is 24.0 Å². The minimum Gasteiger partial charge on any atom is -0.447 e. The highest BCUT2D eigenvalue weighted by Gasteiger charge is 2.47. The fraction of sp³-hybridized carbons (Fsp3) is 0.333. The van der Waals surface area contributed by atoms with Crippen LogP contribution >= 0.6 is 50.2 Å². The first-order chi connectivity index (χ1) is 37.8. The Kier molecular flexibility index (Phi) is 30.6. The summed E-state index contributed by atoms with van der Waals surface area (Å²) in [5.74, 6) is -1.04. The van der Waals surface area contributed by atoms with Gasteiger partial charge in [-0.05, 0) is 59.0 Å². The van der Waals surface area contributed by atoms with Gasteiger partial charge in [0.1, 0.15) is 43.1 Å². The normalized spacial score (nSPS) is 11.9. The van der Waals surface area contributed by atoms with E-state index in [0.717, 1.165) is 21.5 Å². The SMILES string of the molecule is CN(C(=O)CCc1cccc(F)c1Cl)[C@@H](CN)COC(=O)Nc1cc2ccccc2cn1.CN(C(=O)CCc1cccc(F)c1Cl)[C@@H](CNCC(F)F)COC(=O)Nc1cc2ccccc2cn1.O=S(=O)(OCC(F)F)C(F)(F)F.S.S. The molecule has 0 aliphatic carbocycles. The van der Waals surface area contributed by atoms with Crippen LogP contribution in [0.5, 0.6) is 0 Å². The molecule has 4 amide bonds. The molecule has 0 saturated carbocycles. The topological polar surface area (TPSA) is 224 Å². The Morgan fingerprint density at radius 1 is 0.622 bits per heavy atom. The van der Waals surface area contributed by atoms with E-state index in [4.69, 9.17) is 38.4 Å². The summed E-state index contributed by atoms with van der Waals surface area (Å²) in [5.41, 5.74) is 1.15. The molecular formula is C51H57Cl2F9N8O9S3. The zero-order chi connectivity index (χ0) is 59.2. The van der Waals surface area contributed by atoms with E-state index in [9.17, 15) is 67.1 Å². The van der Waals surface area contributed by atoms with Gasteiger partial charge in [0.2, 0.25) is 11.8 Å². The lowest BCUT2D eigenvalue weighted by Gasteiger charge is -2.28. The average molecular weight is 1260 g/mol. The van der Waals surface area contributed by atoms with Gasteiger partial charge in [0.05, 0.1) is 28.7 Å². The summed E-state index contributed by atoms with van der Waals surface area (Å²) in [6.45, 7) is -2.64. The number of ether oxygens (including phenoxy) is 2. The summed E-state index contributed by atoms with van der Waals surface area (Å²) in [6, 6.07) is 26.1. The molecule has 4 aromatic carbocycles. The van der Waals surface area contributed by atoms with Crippen molar-refractivity contribution in [2.45, 2.75) is 56.1 Å². The number of hydrogen-bond acceptors (Lipinski definition) is 13. The number of likely N-dealkylation sites (N-methyl/N-ethyl adjacent to an activating group) is 2. The first-order valence-electron chi connectivity index (χ1n) is 23.7. The lowest BCUT2D eigenvalue weighted by atomic mass is 10.1. The number of anilines is 2. The molecule has 5 N–H and O–H groups in total. The Morgan fingerprint density at radius 3 is 1.44 bits per heavy atom. The predicted octanol–water partition coefficient (Wildman–Crippen LogP) is 10.2. The Morgan fingerprint density at radius 2 is 1.04 bits per heavy atom. The standard InChI is InChI=1S/C25H26ClF3N4O3.C23H24ClFN4O3.C3H3F5O3S.2H2S/c1-33(23(34)10-9-16-7-4-8-20(27)24(16)26)19(13-30-14-21(28)29)15-36-25(35)32-22-11-17-5-2-3-6-18(17)12-31-22;1-29(21(30)10-9-15-7-4-8-19(25)22(15)24)18(12-26)14-32-23(31)28-20-11-16-5-2-3-6-17(16)13-27-20;4-2(5)1-11-12(9,10)3(6,7)8;;/h2-8,11-12,19,21,30H,9-10,13-15H2,1H3,(H,31,32,35);2-8,11,13,18H,9-10,12,14,26H2,1H3,(H,27,28,31);2H,1H2;2*1H2/t19-;18-;;;/m00.../s1. The molecule has 2 heterocycles. The fourth-order valence-corrected chi connectivity index (χ4v) is 7.72. The summed E-state index contributed by atoms with van der Waals surface area (Å²) < 4.78 is 142. The second-order valence-electron chi connectivity index (χ2n) is 16.9. The number of hydrogen-bond donors (Lipinski definition) is 4. The van der Waals surface area contributed by atoms with Gasteiger partial charge in [-0.3, -0.25) is 24.4 Å². The molecule has 17 nitrogen and oxygen atoms in total. The molecule has 0 spiro atoms. The van der Waals surface area contributed by atoms with Crippen LogP contribution < -0.4 is 21.7 Å². The number of nitrogens with zero attached hydrogens (tertiary/aromatic N) is 4. The zero-order valence-corrected chi connectivity index (χ0v) is 47.7. The molecule has 0 saturated heterocycles. The molecule has 2 atom stereocenters. The van der Waals surface area contributed by atoms with Crippen LogP contribution in [-0.4, -0.2) is 136 Å². The third kappa shape index (κ3) is 23.5. The van der Waals surface area contributed by atoms with Crippen molar-refractivity contribution in [1.29, 1.82) is 0 Å². The molecule has 450 valence electrons. The highest BCUT2D eigenvalue weighted by atomic mass is 35.5. The smallest absolute Gasteiger partial charge is 0.447 e. The van der Waals surface area contributed by atoms with Crippen molar-refractivity contribution in [2.24, 2.45) is 5.73 Å². The third-order valence-electron chi connectivity index (χ3n) is 11.3. The third-order valence-corrected chi connectivity index (χ3v) is 13.1. The Hall–Kier alpha value is -6.34. The van der Waals surface area contributed by atoms with E-state index < -0.39 is 77.5 Å². The first kappa shape index (κ1) is 71.8. The Labute approximate surface area is 489 Å². The van der Waals surface area contributed by atoms with Crippen molar-refractivity contribution < 1.29 is 80.8 Å². The molecule has 31 heteroatoms. The van der Waals surface area contributed by atoms with E-state index in [1.54, 1.807) is 49.8 Å². The van der Waals surface area contributed by atoms with Crippen LogP contribution in [-0.2, 0) is 46.2 Å².